The standard InChI is InChI=1S/C17H26N2O2/c1-13-7-8-16(21-3)15(12-13)18-17(20)9-11-19-10-5-4-6-14(19)2/h7-8,12,14H,4-6,9-11H2,1-3H3,(H,18,20)/t14-/m0/s1. The highest BCUT2D eigenvalue weighted by Gasteiger charge is 2.18. The molecule has 1 N–H and O–H groups in total. The van der Waals surface area contributed by atoms with Crippen LogP contribution in [0.4, 0.5) is 5.69 Å². The third-order valence-electron chi connectivity index (χ3n) is 4.20. The average Bonchev–Trinajstić information content (AvgIpc) is 2.47. The molecule has 1 heterocycles. The zero-order chi connectivity index (χ0) is 15.2. The number of amides is 1. The number of piperidine rings is 1. The Balaban J connectivity index is 1.88. The molecule has 1 aromatic rings. The van der Waals surface area contributed by atoms with Crippen LogP contribution in [0.2, 0.25) is 0 Å². The Kier molecular flexibility index (Phi) is 5.62. The number of carbonyl (C=O) groups excluding carboxylic acids is 1. The van der Waals surface area contributed by atoms with Gasteiger partial charge in [-0.15, -0.1) is 0 Å². The molecule has 1 aliphatic heterocycles. The van der Waals surface area contributed by atoms with Crippen molar-refractivity contribution < 1.29 is 9.53 Å². The van der Waals surface area contributed by atoms with Gasteiger partial charge in [0.2, 0.25) is 5.91 Å². The molecule has 0 spiro atoms. The minimum Gasteiger partial charge on any atom is -0.495 e. The van der Waals surface area contributed by atoms with Crippen LogP contribution in [0.15, 0.2) is 18.2 Å². The van der Waals surface area contributed by atoms with E-state index in [-0.39, 0.29) is 5.91 Å². The number of nitrogens with zero attached hydrogens (tertiary/aromatic N) is 1. The van der Waals surface area contributed by atoms with Crippen LogP contribution in [0, 0.1) is 6.92 Å². The lowest BCUT2D eigenvalue weighted by atomic mass is 10.0. The molecule has 1 saturated heterocycles. The molecule has 2 rings (SSSR count). The van der Waals surface area contributed by atoms with Gasteiger partial charge in [0.15, 0.2) is 0 Å². The summed E-state index contributed by atoms with van der Waals surface area (Å²) in [4.78, 5) is 14.6. The molecule has 0 bridgehead atoms. The molecule has 0 radical (unpaired) electrons. The van der Waals surface area contributed by atoms with Crippen molar-refractivity contribution in [2.75, 3.05) is 25.5 Å². The molecule has 1 amide bonds. The van der Waals surface area contributed by atoms with Crippen LogP contribution in [-0.4, -0.2) is 37.0 Å². The van der Waals surface area contributed by atoms with Gasteiger partial charge in [-0.2, -0.15) is 0 Å². The number of carbonyl (C=O) groups is 1. The van der Waals surface area contributed by atoms with Crippen molar-refractivity contribution in [3.8, 4) is 5.75 Å². The van der Waals surface area contributed by atoms with E-state index in [1.165, 1.54) is 19.3 Å². The molecular formula is C17H26N2O2. The molecule has 1 aliphatic rings. The fourth-order valence-electron chi connectivity index (χ4n) is 2.87. The van der Waals surface area contributed by atoms with Crippen LogP contribution in [0.1, 0.15) is 38.2 Å². The Morgan fingerprint density at radius 1 is 1.43 bits per heavy atom. The first-order valence-corrected chi connectivity index (χ1v) is 7.78. The van der Waals surface area contributed by atoms with E-state index in [4.69, 9.17) is 4.74 Å². The molecule has 4 nitrogen and oxygen atoms in total. The van der Waals surface area contributed by atoms with E-state index in [2.05, 4.69) is 17.1 Å². The SMILES string of the molecule is COc1ccc(C)cc1NC(=O)CCN1CCCC[C@@H]1C. The highest BCUT2D eigenvalue weighted by molar-refractivity contribution is 5.92. The van der Waals surface area contributed by atoms with E-state index in [0.717, 1.165) is 24.3 Å². The molecule has 0 unspecified atom stereocenters. The largest absolute Gasteiger partial charge is 0.495 e. The van der Waals surface area contributed by atoms with Crippen LogP contribution in [0.3, 0.4) is 0 Å². The maximum absolute atomic E-state index is 12.1. The van der Waals surface area contributed by atoms with Crippen molar-refractivity contribution >= 4 is 11.6 Å². The van der Waals surface area contributed by atoms with Crippen LogP contribution >= 0.6 is 0 Å². The quantitative estimate of drug-likeness (QED) is 0.905. The van der Waals surface area contributed by atoms with Crippen molar-refractivity contribution in [2.45, 2.75) is 45.6 Å². The number of ether oxygens (including phenoxy) is 1. The number of rotatable bonds is 5. The molecule has 116 valence electrons. The maximum atomic E-state index is 12.1. The number of aryl methyl sites for hydroxylation is 1. The number of likely N-dealkylation sites (tertiary alicyclic amines) is 1. The highest BCUT2D eigenvalue weighted by Crippen LogP contribution is 2.25. The Labute approximate surface area is 127 Å². The lowest BCUT2D eigenvalue weighted by molar-refractivity contribution is -0.116. The lowest BCUT2D eigenvalue weighted by Crippen LogP contribution is -2.39. The van der Waals surface area contributed by atoms with Crippen molar-refractivity contribution in [3.05, 3.63) is 23.8 Å². The number of methoxy groups -OCH3 is 1. The summed E-state index contributed by atoms with van der Waals surface area (Å²) in [7, 11) is 1.62. The van der Waals surface area contributed by atoms with Crippen molar-refractivity contribution in [3.63, 3.8) is 0 Å². The topological polar surface area (TPSA) is 41.6 Å². The van der Waals surface area contributed by atoms with Crippen LogP contribution in [0.25, 0.3) is 0 Å². The van der Waals surface area contributed by atoms with Crippen molar-refractivity contribution in [2.24, 2.45) is 0 Å². The Morgan fingerprint density at radius 2 is 2.24 bits per heavy atom. The molecule has 4 heteroatoms. The van der Waals surface area contributed by atoms with Crippen LogP contribution in [-0.2, 0) is 4.79 Å². The number of hydrogen-bond donors (Lipinski definition) is 1. The van der Waals surface area contributed by atoms with Gasteiger partial charge in [-0.1, -0.05) is 12.5 Å². The zero-order valence-electron chi connectivity index (χ0n) is 13.3. The maximum Gasteiger partial charge on any atom is 0.225 e. The molecule has 0 aromatic heterocycles. The Morgan fingerprint density at radius 3 is 2.95 bits per heavy atom. The second-order valence-corrected chi connectivity index (χ2v) is 5.88. The highest BCUT2D eigenvalue weighted by atomic mass is 16.5. The van der Waals surface area contributed by atoms with Crippen molar-refractivity contribution in [1.29, 1.82) is 0 Å². The zero-order valence-corrected chi connectivity index (χ0v) is 13.3. The van der Waals surface area contributed by atoms with E-state index < -0.39 is 0 Å². The van der Waals surface area contributed by atoms with Gasteiger partial charge < -0.3 is 15.0 Å². The second kappa shape index (κ2) is 7.46. The molecule has 1 fully saturated rings. The minimum atomic E-state index is 0.0525. The van der Waals surface area contributed by atoms with Gasteiger partial charge in [0.1, 0.15) is 5.75 Å². The van der Waals surface area contributed by atoms with Gasteiger partial charge in [-0.25, -0.2) is 0 Å². The Hall–Kier alpha value is -1.55. The number of hydrogen-bond acceptors (Lipinski definition) is 3. The summed E-state index contributed by atoms with van der Waals surface area (Å²) >= 11 is 0. The predicted octanol–water partition coefficient (Wildman–Crippen LogP) is 3.21. The van der Waals surface area contributed by atoms with Gasteiger partial charge in [-0.3, -0.25) is 4.79 Å². The van der Waals surface area contributed by atoms with Gasteiger partial charge in [0.25, 0.3) is 0 Å². The van der Waals surface area contributed by atoms with Gasteiger partial charge in [0, 0.05) is 19.0 Å². The van der Waals surface area contributed by atoms with E-state index >= 15 is 0 Å². The fourth-order valence-corrected chi connectivity index (χ4v) is 2.87. The number of nitrogens with one attached hydrogen (secondary N) is 1. The number of anilines is 1. The first kappa shape index (κ1) is 15.8. The first-order chi connectivity index (χ1) is 10.1. The molecular weight excluding hydrogens is 264 g/mol. The van der Waals surface area contributed by atoms with E-state index in [1.807, 2.05) is 25.1 Å². The van der Waals surface area contributed by atoms with Gasteiger partial charge >= 0.3 is 0 Å². The van der Waals surface area contributed by atoms with Crippen LogP contribution in [0.5, 0.6) is 5.75 Å². The third-order valence-corrected chi connectivity index (χ3v) is 4.20. The third kappa shape index (κ3) is 4.46. The summed E-state index contributed by atoms with van der Waals surface area (Å²) in [5.74, 6) is 0.761. The normalized spacial score (nSPS) is 19.3. The molecule has 21 heavy (non-hydrogen) atoms. The second-order valence-electron chi connectivity index (χ2n) is 5.88. The minimum absolute atomic E-state index is 0.0525. The Bertz CT molecular complexity index is 488. The molecule has 1 atom stereocenters. The fraction of sp³-hybridized carbons (Fsp3) is 0.588. The van der Waals surface area contributed by atoms with Crippen molar-refractivity contribution in [1.82, 2.24) is 4.90 Å². The molecule has 0 saturated carbocycles. The molecule has 1 aromatic carbocycles. The van der Waals surface area contributed by atoms with E-state index in [9.17, 15) is 4.79 Å². The summed E-state index contributed by atoms with van der Waals surface area (Å²) in [6.07, 6.45) is 4.33. The average molecular weight is 290 g/mol. The summed E-state index contributed by atoms with van der Waals surface area (Å²) in [6, 6.07) is 6.40. The van der Waals surface area contributed by atoms with Gasteiger partial charge in [0.05, 0.1) is 12.8 Å². The lowest BCUT2D eigenvalue weighted by Gasteiger charge is -2.33. The predicted molar refractivity (Wildman–Crippen MR) is 85.9 cm³/mol. The van der Waals surface area contributed by atoms with E-state index in [0.29, 0.717) is 18.2 Å². The summed E-state index contributed by atoms with van der Waals surface area (Å²) in [5.41, 5.74) is 1.87. The monoisotopic (exact) mass is 290 g/mol. The first-order valence-electron chi connectivity index (χ1n) is 7.78. The summed E-state index contributed by atoms with van der Waals surface area (Å²) < 4.78 is 5.29. The summed E-state index contributed by atoms with van der Waals surface area (Å²) in [6.45, 7) is 6.20. The van der Waals surface area contributed by atoms with Gasteiger partial charge in [-0.05, 0) is 50.9 Å². The smallest absolute Gasteiger partial charge is 0.225 e. The van der Waals surface area contributed by atoms with Crippen LogP contribution < -0.4 is 10.1 Å². The number of benzene rings is 1. The van der Waals surface area contributed by atoms with E-state index in [1.54, 1.807) is 7.11 Å². The molecule has 0 aliphatic carbocycles. The summed E-state index contributed by atoms with van der Waals surface area (Å²) in [5, 5.41) is 2.97.